The molecule has 0 spiro atoms. The second kappa shape index (κ2) is 3.94. The zero-order valence-corrected chi connectivity index (χ0v) is 7.35. The molecule has 0 heterocycles. The average Bonchev–Trinajstić information content (AvgIpc) is 1.85. The van der Waals surface area contributed by atoms with Gasteiger partial charge in [-0.15, -0.1) is 0 Å². The minimum atomic E-state index is -0.356. The summed E-state index contributed by atoms with van der Waals surface area (Å²) < 4.78 is 5.39. The van der Waals surface area contributed by atoms with E-state index in [1.54, 1.807) is 6.92 Å². The highest BCUT2D eigenvalue weighted by Crippen LogP contribution is 2.13. The van der Waals surface area contributed by atoms with Crippen molar-refractivity contribution in [2.75, 3.05) is 6.61 Å². The Morgan fingerprint density at radius 3 is 2.30 bits per heavy atom. The Morgan fingerprint density at radius 1 is 1.50 bits per heavy atom. The molecule has 0 radical (unpaired) electrons. The summed E-state index contributed by atoms with van der Waals surface area (Å²) in [4.78, 5) is 0. The molecule has 0 saturated heterocycles. The molecule has 0 bridgehead atoms. The standard InChI is InChI=1S/C8H18O2/c1-5-8(3,4)10-6-7(2)9/h7,9H,5-6H2,1-4H3/t7-/m0/s1. The highest BCUT2D eigenvalue weighted by atomic mass is 16.5. The molecule has 0 aromatic carbocycles. The minimum Gasteiger partial charge on any atom is -0.391 e. The highest BCUT2D eigenvalue weighted by molar-refractivity contribution is 4.65. The lowest BCUT2D eigenvalue weighted by Gasteiger charge is -2.24. The van der Waals surface area contributed by atoms with Gasteiger partial charge < -0.3 is 9.84 Å². The fourth-order valence-corrected chi connectivity index (χ4v) is 0.448. The van der Waals surface area contributed by atoms with Crippen molar-refractivity contribution in [2.45, 2.75) is 45.8 Å². The Morgan fingerprint density at radius 2 is 2.00 bits per heavy atom. The highest BCUT2D eigenvalue weighted by Gasteiger charge is 2.15. The Labute approximate surface area is 63.2 Å². The van der Waals surface area contributed by atoms with Crippen molar-refractivity contribution in [2.24, 2.45) is 0 Å². The summed E-state index contributed by atoms with van der Waals surface area (Å²) >= 11 is 0. The third-order valence-corrected chi connectivity index (χ3v) is 1.57. The summed E-state index contributed by atoms with van der Waals surface area (Å²) in [6.45, 7) is 8.28. The molecule has 0 aromatic rings. The first-order valence-corrected chi connectivity index (χ1v) is 3.80. The second-order valence-corrected chi connectivity index (χ2v) is 3.27. The van der Waals surface area contributed by atoms with Crippen molar-refractivity contribution in [1.29, 1.82) is 0 Å². The van der Waals surface area contributed by atoms with Gasteiger partial charge >= 0.3 is 0 Å². The lowest BCUT2D eigenvalue weighted by Crippen LogP contribution is -2.27. The van der Waals surface area contributed by atoms with E-state index in [-0.39, 0.29) is 11.7 Å². The zero-order valence-electron chi connectivity index (χ0n) is 7.35. The van der Waals surface area contributed by atoms with Crippen molar-refractivity contribution in [3.8, 4) is 0 Å². The van der Waals surface area contributed by atoms with E-state index in [1.165, 1.54) is 0 Å². The van der Waals surface area contributed by atoms with Crippen molar-refractivity contribution in [3.05, 3.63) is 0 Å². The molecule has 0 unspecified atom stereocenters. The van der Waals surface area contributed by atoms with Gasteiger partial charge in [-0.05, 0) is 27.2 Å². The van der Waals surface area contributed by atoms with E-state index >= 15 is 0 Å². The Balaban J connectivity index is 3.46. The van der Waals surface area contributed by atoms with Gasteiger partial charge in [0.1, 0.15) is 0 Å². The van der Waals surface area contributed by atoms with Gasteiger partial charge in [0.25, 0.3) is 0 Å². The van der Waals surface area contributed by atoms with Gasteiger partial charge in [-0.2, -0.15) is 0 Å². The molecule has 1 N–H and O–H groups in total. The number of hydrogen-bond donors (Lipinski definition) is 1. The van der Waals surface area contributed by atoms with Crippen LogP contribution in [0.25, 0.3) is 0 Å². The molecule has 1 atom stereocenters. The lowest BCUT2D eigenvalue weighted by atomic mass is 10.1. The third kappa shape index (κ3) is 4.77. The smallest absolute Gasteiger partial charge is 0.0745 e. The molecule has 0 saturated carbocycles. The topological polar surface area (TPSA) is 29.5 Å². The number of ether oxygens (including phenoxy) is 1. The van der Waals surface area contributed by atoms with E-state index < -0.39 is 0 Å². The molecule has 0 aliphatic heterocycles. The maximum absolute atomic E-state index is 8.89. The van der Waals surface area contributed by atoms with E-state index in [4.69, 9.17) is 9.84 Å². The average molecular weight is 146 g/mol. The predicted molar refractivity (Wildman–Crippen MR) is 42.0 cm³/mol. The molecule has 0 amide bonds. The molecule has 0 rings (SSSR count). The number of rotatable bonds is 4. The molecule has 2 heteroatoms. The number of aliphatic hydroxyl groups is 1. The SMILES string of the molecule is CCC(C)(C)OC[C@H](C)O. The number of hydrogen-bond acceptors (Lipinski definition) is 2. The normalized spacial score (nSPS) is 15.3. The first-order valence-electron chi connectivity index (χ1n) is 3.80. The summed E-state index contributed by atoms with van der Waals surface area (Å²) in [5, 5.41) is 8.89. The van der Waals surface area contributed by atoms with E-state index in [2.05, 4.69) is 6.92 Å². The largest absolute Gasteiger partial charge is 0.391 e. The van der Waals surface area contributed by atoms with Crippen LogP contribution in [0.1, 0.15) is 34.1 Å². The van der Waals surface area contributed by atoms with Crippen LogP contribution in [0.5, 0.6) is 0 Å². The van der Waals surface area contributed by atoms with Crippen LogP contribution >= 0.6 is 0 Å². The van der Waals surface area contributed by atoms with Crippen LogP contribution in [-0.2, 0) is 4.74 Å². The first-order chi connectivity index (χ1) is 4.48. The van der Waals surface area contributed by atoms with Gasteiger partial charge in [0.15, 0.2) is 0 Å². The molecule has 0 fully saturated rings. The van der Waals surface area contributed by atoms with E-state index in [0.29, 0.717) is 6.61 Å². The fraction of sp³-hybridized carbons (Fsp3) is 1.00. The van der Waals surface area contributed by atoms with Crippen molar-refractivity contribution in [3.63, 3.8) is 0 Å². The van der Waals surface area contributed by atoms with Crippen LogP contribution in [0.4, 0.5) is 0 Å². The van der Waals surface area contributed by atoms with Gasteiger partial charge in [-0.3, -0.25) is 0 Å². The molecule has 62 valence electrons. The van der Waals surface area contributed by atoms with Gasteiger partial charge in [0.05, 0.1) is 18.3 Å². The van der Waals surface area contributed by atoms with Gasteiger partial charge in [0.2, 0.25) is 0 Å². The fourth-order valence-electron chi connectivity index (χ4n) is 0.448. The molecular formula is C8H18O2. The van der Waals surface area contributed by atoms with Crippen LogP contribution in [0, 0.1) is 0 Å². The van der Waals surface area contributed by atoms with Gasteiger partial charge in [-0.1, -0.05) is 6.92 Å². The molecule has 0 aromatic heterocycles. The maximum Gasteiger partial charge on any atom is 0.0745 e. The first kappa shape index (κ1) is 9.92. The molecule has 0 aliphatic carbocycles. The van der Waals surface area contributed by atoms with E-state index in [0.717, 1.165) is 6.42 Å². The Bertz CT molecular complexity index is 87.3. The van der Waals surface area contributed by atoms with Gasteiger partial charge in [0, 0.05) is 0 Å². The van der Waals surface area contributed by atoms with Crippen LogP contribution < -0.4 is 0 Å². The van der Waals surface area contributed by atoms with Crippen LogP contribution in [-0.4, -0.2) is 23.4 Å². The van der Waals surface area contributed by atoms with Crippen LogP contribution in [0.2, 0.25) is 0 Å². The molecule has 0 aliphatic rings. The second-order valence-electron chi connectivity index (χ2n) is 3.27. The Hall–Kier alpha value is -0.0800. The predicted octanol–water partition coefficient (Wildman–Crippen LogP) is 1.57. The zero-order chi connectivity index (χ0) is 8.20. The molecule has 2 nitrogen and oxygen atoms in total. The quantitative estimate of drug-likeness (QED) is 0.652. The summed E-state index contributed by atoms with van der Waals surface area (Å²) in [7, 11) is 0. The lowest BCUT2D eigenvalue weighted by molar-refractivity contribution is -0.0563. The van der Waals surface area contributed by atoms with E-state index in [9.17, 15) is 0 Å². The van der Waals surface area contributed by atoms with Crippen molar-refractivity contribution in [1.82, 2.24) is 0 Å². The van der Waals surface area contributed by atoms with Crippen LogP contribution in [0.3, 0.4) is 0 Å². The molecular weight excluding hydrogens is 128 g/mol. The number of aliphatic hydroxyl groups excluding tert-OH is 1. The van der Waals surface area contributed by atoms with E-state index in [1.807, 2.05) is 13.8 Å². The van der Waals surface area contributed by atoms with Crippen molar-refractivity contribution < 1.29 is 9.84 Å². The maximum atomic E-state index is 8.89. The monoisotopic (exact) mass is 146 g/mol. The Kier molecular flexibility index (Phi) is 3.91. The summed E-state index contributed by atoms with van der Waals surface area (Å²) in [5.74, 6) is 0. The van der Waals surface area contributed by atoms with Crippen LogP contribution in [0.15, 0.2) is 0 Å². The summed E-state index contributed by atoms with van der Waals surface area (Å²) in [6.07, 6.45) is 0.616. The summed E-state index contributed by atoms with van der Waals surface area (Å²) in [6, 6.07) is 0. The minimum absolute atomic E-state index is 0.0863. The van der Waals surface area contributed by atoms with Crippen molar-refractivity contribution >= 4 is 0 Å². The van der Waals surface area contributed by atoms with Gasteiger partial charge in [-0.25, -0.2) is 0 Å². The third-order valence-electron chi connectivity index (χ3n) is 1.57. The summed E-state index contributed by atoms with van der Waals surface area (Å²) in [5.41, 5.74) is -0.0863. The molecule has 10 heavy (non-hydrogen) atoms.